The zero-order valence-electron chi connectivity index (χ0n) is 9.34. The van der Waals surface area contributed by atoms with Crippen LogP contribution >= 0.6 is 11.6 Å². The molecule has 6 heteroatoms. The molecule has 1 aromatic heterocycles. The third-order valence-electron chi connectivity index (χ3n) is 2.49. The maximum atomic E-state index is 13.6. The molecule has 4 nitrogen and oxygen atoms in total. The van der Waals surface area contributed by atoms with Crippen molar-refractivity contribution in [3.63, 3.8) is 0 Å². The van der Waals surface area contributed by atoms with Gasteiger partial charge in [-0.05, 0) is 13.0 Å². The second-order valence-electron chi connectivity index (χ2n) is 3.58. The normalized spacial score (nSPS) is 10.6. The second kappa shape index (κ2) is 4.25. The van der Waals surface area contributed by atoms with Crippen molar-refractivity contribution in [2.45, 2.75) is 6.92 Å². The van der Waals surface area contributed by atoms with E-state index in [2.05, 4.69) is 10.2 Å². The fourth-order valence-electron chi connectivity index (χ4n) is 1.67. The fraction of sp³-hybridized carbons (Fsp3) is 0.182. The molecule has 0 spiro atoms. The molecule has 17 heavy (non-hydrogen) atoms. The first-order chi connectivity index (χ1) is 8.04. The Morgan fingerprint density at radius 2 is 2.18 bits per heavy atom. The first-order valence-electron chi connectivity index (χ1n) is 4.88. The van der Waals surface area contributed by atoms with Gasteiger partial charge in [0.05, 0.1) is 17.8 Å². The van der Waals surface area contributed by atoms with Gasteiger partial charge in [-0.3, -0.25) is 5.10 Å². The molecule has 0 amide bonds. The molecule has 1 heterocycles. The smallest absolute Gasteiger partial charge is 0.148 e. The van der Waals surface area contributed by atoms with Crippen LogP contribution < -0.4 is 10.5 Å². The number of H-pyrrole nitrogens is 1. The van der Waals surface area contributed by atoms with E-state index in [1.807, 2.05) is 0 Å². The van der Waals surface area contributed by atoms with Gasteiger partial charge in [-0.15, -0.1) is 0 Å². The number of nitrogens with one attached hydrogen (secondary N) is 1. The number of halogens is 2. The number of hydrogen-bond donors (Lipinski definition) is 2. The molecule has 2 aromatic rings. The number of aromatic nitrogens is 2. The summed E-state index contributed by atoms with van der Waals surface area (Å²) >= 11 is 5.81. The summed E-state index contributed by atoms with van der Waals surface area (Å²) < 4.78 is 18.8. The van der Waals surface area contributed by atoms with E-state index in [0.29, 0.717) is 28.4 Å². The number of rotatable bonds is 2. The highest BCUT2D eigenvalue weighted by molar-refractivity contribution is 6.31. The van der Waals surface area contributed by atoms with Crippen LogP contribution in [0.4, 0.5) is 10.2 Å². The summed E-state index contributed by atoms with van der Waals surface area (Å²) in [7, 11) is 1.47. The quantitative estimate of drug-likeness (QED) is 0.867. The SMILES string of the molecule is COc1c(-c2cc(N)n[nH]2)cc(Cl)c(F)c1C. The molecule has 0 saturated heterocycles. The predicted molar refractivity (Wildman–Crippen MR) is 64.7 cm³/mol. The Kier molecular flexibility index (Phi) is 2.93. The number of anilines is 1. The molecular formula is C11H11ClFN3O. The highest BCUT2D eigenvalue weighted by Gasteiger charge is 2.17. The van der Waals surface area contributed by atoms with Crippen LogP contribution in [0.1, 0.15) is 5.56 Å². The Bertz CT molecular complexity index is 568. The van der Waals surface area contributed by atoms with E-state index in [0.717, 1.165) is 0 Å². The number of aromatic amines is 1. The molecule has 0 aliphatic heterocycles. The zero-order chi connectivity index (χ0) is 12.6. The predicted octanol–water partition coefficient (Wildman–Crippen LogP) is 2.77. The van der Waals surface area contributed by atoms with E-state index in [9.17, 15) is 4.39 Å². The molecule has 3 N–H and O–H groups in total. The van der Waals surface area contributed by atoms with Crippen molar-refractivity contribution in [1.82, 2.24) is 10.2 Å². The van der Waals surface area contributed by atoms with Crippen LogP contribution in [0, 0.1) is 12.7 Å². The van der Waals surface area contributed by atoms with E-state index in [1.54, 1.807) is 13.0 Å². The average Bonchev–Trinajstić information content (AvgIpc) is 2.72. The van der Waals surface area contributed by atoms with Gasteiger partial charge >= 0.3 is 0 Å². The lowest BCUT2D eigenvalue weighted by molar-refractivity contribution is 0.409. The molecule has 0 unspecified atom stereocenters. The van der Waals surface area contributed by atoms with Crippen LogP contribution in [0.15, 0.2) is 12.1 Å². The van der Waals surface area contributed by atoms with Gasteiger partial charge in [-0.25, -0.2) is 4.39 Å². The van der Waals surface area contributed by atoms with E-state index >= 15 is 0 Å². The van der Waals surface area contributed by atoms with Crippen LogP contribution in [-0.4, -0.2) is 17.3 Å². The Morgan fingerprint density at radius 3 is 2.71 bits per heavy atom. The van der Waals surface area contributed by atoms with E-state index < -0.39 is 5.82 Å². The molecule has 0 aliphatic rings. The van der Waals surface area contributed by atoms with Crippen molar-refractivity contribution in [3.8, 4) is 17.0 Å². The lowest BCUT2D eigenvalue weighted by atomic mass is 10.1. The molecule has 1 aromatic carbocycles. The molecule has 0 saturated carbocycles. The van der Waals surface area contributed by atoms with Crippen LogP contribution in [0.5, 0.6) is 5.75 Å². The minimum atomic E-state index is -0.486. The van der Waals surface area contributed by atoms with Gasteiger partial charge < -0.3 is 10.5 Å². The lowest BCUT2D eigenvalue weighted by Crippen LogP contribution is -1.95. The highest BCUT2D eigenvalue weighted by Crippen LogP contribution is 2.37. The standard InChI is InChI=1S/C11H11ClFN3O/c1-5-10(13)7(12)3-6(11(5)17-2)8-4-9(14)16-15-8/h3-4H,1-2H3,(H3,14,15,16). The number of methoxy groups -OCH3 is 1. The largest absolute Gasteiger partial charge is 0.496 e. The molecule has 0 bridgehead atoms. The summed E-state index contributed by atoms with van der Waals surface area (Å²) in [6.07, 6.45) is 0. The van der Waals surface area contributed by atoms with Crippen molar-refractivity contribution in [2.24, 2.45) is 0 Å². The molecule has 0 atom stereocenters. The molecule has 0 aliphatic carbocycles. The van der Waals surface area contributed by atoms with Crippen molar-refractivity contribution < 1.29 is 9.13 Å². The van der Waals surface area contributed by atoms with Crippen LogP contribution in [-0.2, 0) is 0 Å². The summed E-state index contributed by atoms with van der Waals surface area (Å²) in [6, 6.07) is 3.11. The first-order valence-corrected chi connectivity index (χ1v) is 5.26. The van der Waals surface area contributed by atoms with Crippen molar-refractivity contribution in [2.75, 3.05) is 12.8 Å². The van der Waals surface area contributed by atoms with Crippen LogP contribution in [0.2, 0.25) is 5.02 Å². The van der Waals surface area contributed by atoms with E-state index in [-0.39, 0.29) is 5.02 Å². The van der Waals surface area contributed by atoms with Gasteiger partial charge in [-0.2, -0.15) is 5.10 Å². The minimum Gasteiger partial charge on any atom is -0.496 e. The summed E-state index contributed by atoms with van der Waals surface area (Å²) in [5.74, 6) is 0.274. The van der Waals surface area contributed by atoms with E-state index in [1.165, 1.54) is 13.2 Å². The Balaban J connectivity index is 2.69. The van der Waals surface area contributed by atoms with Gasteiger partial charge in [0.25, 0.3) is 0 Å². The molecule has 0 radical (unpaired) electrons. The summed E-state index contributed by atoms with van der Waals surface area (Å²) in [4.78, 5) is 0. The van der Waals surface area contributed by atoms with Crippen molar-refractivity contribution >= 4 is 17.4 Å². The van der Waals surface area contributed by atoms with Gasteiger partial charge in [0.1, 0.15) is 17.4 Å². The summed E-state index contributed by atoms with van der Waals surface area (Å²) in [5.41, 5.74) is 7.13. The van der Waals surface area contributed by atoms with Crippen LogP contribution in [0.3, 0.4) is 0 Å². The zero-order valence-corrected chi connectivity index (χ0v) is 10.1. The Morgan fingerprint density at radius 1 is 1.47 bits per heavy atom. The fourth-order valence-corrected chi connectivity index (χ4v) is 1.93. The van der Waals surface area contributed by atoms with Crippen molar-refractivity contribution in [1.29, 1.82) is 0 Å². The van der Waals surface area contributed by atoms with Gasteiger partial charge in [-0.1, -0.05) is 11.6 Å². The van der Waals surface area contributed by atoms with Gasteiger partial charge in [0.2, 0.25) is 0 Å². The lowest BCUT2D eigenvalue weighted by Gasteiger charge is -2.11. The first kappa shape index (κ1) is 11.7. The number of nitrogens with two attached hydrogens (primary N) is 1. The Labute approximate surface area is 103 Å². The van der Waals surface area contributed by atoms with Crippen molar-refractivity contribution in [3.05, 3.63) is 28.5 Å². The Hall–Kier alpha value is -1.75. The minimum absolute atomic E-state index is 0.0338. The summed E-state index contributed by atoms with van der Waals surface area (Å²) in [5, 5.41) is 6.58. The third kappa shape index (κ3) is 1.93. The van der Waals surface area contributed by atoms with E-state index in [4.69, 9.17) is 22.1 Å². The number of ether oxygens (including phenoxy) is 1. The molecule has 2 rings (SSSR count). The maximum Gasteiger partial charge on any atom is 0.148 e. The molecule has 90 valence electrons. The molecule has 0 fully saturated rings. The third-order valence-corrected chi connectivity index (χ3v) is 2.76. The number of hydrogen-bond acceptors (Lipinski definition) is 3. The van der Waals surface area contributed by atoms with Gasteiger partial charge in [0, 0.05) is 17.2 Å². The number of benzene rings is 1. The topological polar surface area (TPSA) is 63.9 Å². The second-order valence-corrected chi connectivity index (χ2v) is 3.99. The average molecular weight is 256 g/mol. The maximum absolute atomic E-state index is 13.6. The van der Waals surface area contributed by atoms with Gasteiger partial charge in [0.15, 0.2) is 0 Å². The van der Waals surface area contributed by atoms with Crippen LogP contribution in [0.25, 0.3) is 11.3 Å². The highest BCUT2D eigenvalue weighted by atomic mass is 35.5. The molecular weight excluding hydrogens is 245 g/mol. The number of nitrogen functional groups attached to an aromatic ring is 1. The number of nitrogens with zero attached hydrogens (tertiary/aromatic N) is 1. The summed E-state index contributed by atoms with van der Waals surface area (Å²) in [6.45, 7) is 1.60. The monoisotopic (exact) mass is 255 g/mol.